The van der Waals surface area contributed by atoms with Crippen molar-refractivity contribution in [2.24, 2.45) is 5.41 Å². The fourth-order valence-electron chi connectivity index (χ4n) is 1.07. The Morgan fingerprint density at radius 1 is 1.38 bits per heavy atom. The van der Waals surface area contributed by atoms with Gasteiger partial charge in [0.05, 0.1) is 6.61 Å². The van der Waals surface area contributed by atoms with Gasteiger partial charge in [-0.1, -0.05) is 13.8 Å². The predicted molar refractivity (Wildman–Crippen MR) is 33.8 cm³/mol. The molecule has 1 rings (SSSR count). The highest BCUT2D eigenvalue weighted by Crippen LogP contribution is 2.25. The van der Waals surface area contributed by atoms with Crippen LogP contribution in [0.15, 0.2) is 0 Å². The Bertz CT molecular complexity index is 68.5. The van der Waals surface area contributed by atoms with Gasteiger partial charge in [-0.2, -0.15) is 0 Å². The summed E-state index contributed by atoms with van der Waals surface area (Å²) >= 11 is 0. The van der Waals surface area contributed by atoms with Crippen LogP contribution in [0.3, 0.4) is 0 Å². The molecule has 1 aliphatic rings. The Morgan fingerprint density at radius 2 is 2.12 bits per heavy atom. The lowest BCUT2D eigenvalue weighted by atomic mass is 9.87. The van der Waals surface area contributed by atoms with Crippen LogP contribution in [0.2, 0.25) is 0 Å². The Balaban J connectivity index is 2.33. The summed E-state index contributed by atoms with van der Waals surface area (Å²) < 4.78 is 5.28. The maximum atomic E-state index is 5.28. The zero-order valence-electron chi connectivity index (χ0n) is 5.74. The molecule has 1 fully saturated rings. The molecule has 1 saturated heterocycles. The molecular formula is C7H14O. The summed E-state index contributed by atoms with van der Waals surface area (Å²) in [4.78, 5) is 0. The fourth-order valence-corrected chi connectivity index (χ4v) is 1.07. The molecule has 0 spiro atoms. The van der Waals surface area contributed by atoms with Crippen molar-refractivity contribution in [3.63, 3.8) is 0 Å². The topological polar surface area (TPSA) is 9.23 Å². The summed E-state index contributed by atoms with van der Waals surface area (Å²) in [5.41, 5.74) is 0.457. The molecule has 1 nitrogen and oxygen atoms in total. The molecule has 0 radical (unpaired) electrons. The van der Waals surface area contributed by atoms with E-state index in [2.05, 4.69) is 13.8 Å². The van der Waals surface area contributed by atoms with Crippen LogP contribution in [0.1, 0.15) is 26.7 Å². The molecule has 0 aromatic carbocycles. The smallest absolute Gasteiger partial charge is 0.0517 e. The summed E-state index contributed by atoms with van der Waals surface area (Å²) in [5.74, 6) is 0. The highest BCUT2D eigenvalue weighted by molar-refractivity contribution is 4.70. The van der Waals surface area contributed by atoms with E-state index in [-0.39, 0.29) is 0 Å². The molecule has 0 aromatic rings. The van der Waals surface area contributed by atoms with Gasteiger partial charge in [0.1, 0.15) is 0 Å². The summed E-state index contributed by atoms with van der Waals surface area (Å²) in [5, 5.41) is 0. The average Bonchev–Trinajstić information content (AvgIpc) is 1.65. The van der Waals surface area contributed by atoms with Crippen LogP contribution in [0, 0.1) is 5.41 Å². The van der Waals surface area contributed by atoms with E-state index in [4.69, 9.17) is 4.74 Å². The van der Waals surface area contributed by atoms with E-state index in [1.807, 2.05) is 0 Å². The van der Waals surface area contributed by atoms with Crippen molar-refractivity contribution in [1.82, 2.24) is 0 Å². The van der Waals surface area contributed by atoms with Crippen LogP contribution >= 0.6 is 0 Å². The third kappa shape index (κ3) is 1.48. The monoisotopic (exact) mass is 114 g/mol. The number of hydrogen-bond acceptors (Lipinski definition) is 1. The van der Waals surface area contributed by atoms with Crippen LogP contribution in [0.25, 0.3) is 0 Å². The minimum atomic E-state index is 0.457. The molecule has 48 valence electrons. The molecule has 0 amide bonds. The zero-order valence-corrected chi connectivity index (χ0v) is 5.74. The first-order valence-corrected chi connectivity index (χ1v) is 3.28. The minimum absolute atomic E-state index is 0.457. The number of rotatable bonds is 0. The normalized spacial score (nSPS) is 27.8. The first-order chi connectivity index (χ1) is 3.71. The van der Waals surface area contributed by atoms with Crippen LogP contribution in [0.5, 0.6) is 0 Å². The highest BCUT2D eigenvalue weighted by atomic mass is 16.5. The van der Waals surface area contributed by atoms with E-state index < -0.39 is 0 Å². The van der Waals surface area contributed by atoms with Gasteiger partial charge in [0.25, 0.3) is 0 Å². The maximum Gasteiger partial charge on any atom is 0.0517 e. The number of hydrogen-bond donors (Lipinski definition) is 0. The summed E-state index contributed by atoms with van der Waals surface area (Å²) in [6.07, 6.45) is 2.57. The summed E-state index contributed by atoms with van der Waals surface area (Å²) in [6, 6.07) is 0. The first kappa shape index (κ1) is 6.09. The van der Waals surface area contributed by atoms with Crippen LogP contribution < -0.4 is 0 Å². The average molecular weight is 114 g/mol. The van der Waals surface area contributed by atoms with Gasteiger partial charge in [-0.25, -0.2) is 0 Å². The quantitative estimate of drug-likeness (QED) is 0.466. The van der Waals surface area contributed by atoms with Gasteiger partial charge < -0.3 is 4.74 Å². The van der Waals surface area contributed by atoms with Crippen molar-refractivity contribution < 1.29 is 4.74 Å². The minimum Gasteiger partial charge on any atom is -0.381 e. The summed E-state index contributed by atoms with van der Waals surface area (Å²) in [6.45, 7) is 6.44. The molecule has 0 bridgehead atoms. The first-order valence-electron chi connectivity index (χ1n) is 3.28. The second-order valence-electron chi connectivity index (χ2n) is 3.32. The predicted octanol–water partition coefficient (Wildman–Crippen LogP) is 1.82. The van der Waals surface area contributed by atoms with Crippen molar-refractivity contribution >= 4 is 0 Å². The van der Waals surface area contributed by atoms with E-state index in [9.17, 15) is 0 Å². The van der Waals surface area contributed by atoms with Gasteiger partial charge in [0.2, 0.25) is 0 Å². The molecule has 1 heterocycles. The van der Waals surface area contributed by atoms with E-state index >= 15 is 0 Å². The van der Waals surface area contributed by atoms with E-state index in [0.29, 0.717) is 5.41 Å². The van der Waals surface area contributed by atoms with Gasteiger partial charge >= 0.3 is 0 Å². The molecule has 1 heteroatoms. The molecular weight excluding hydrogens is 100 g/mol. The van der Waals surface area contributed by atoms with Crippen LogP contribution in [0.4, 0.5) is 0 Å². The zero-order chi connectivity index (χ0) is 6.04. The SMILES string of the molecule is CC1(C)CCCOC1. The molecule has 1 aliphatic heterocycles. The Kier molecular flexibility index (Phi) is 1.57. The number of ether oxygens (including phenoxy) is 1. The Hall–Kier alpha value is -0.0400. The molecule has 0 N–H and O–H groups in total. The van der Waals surface area contributed by atoms with Crippen molar-refractivity contribution in [2.75, 3.05) is 13.2 Å². The summed E-state index contributed by atoms with van der Waals surface area (Å²) in [7, 11) is 0. The molecule has 8 heavy (non-hydrogen) atoms. The molecule has 0 aliphatic carbocycles. The standard InChI is InChI=1S/C7H14O/c1-7(2)4-3-5-8-6-7/h3-6H2,1-2H3. The van der Waals surface area contributed by atoms with Crippen molar-refractivity contribution in [3.05, 3.63) is 0 Å². The molecule has 0 unspecified atom stereocenters. The third-order valence-corrected chi connectivity index (χ3v) is 1.64. The lowest BCUT2D eigenvalue weighted by molar-refractivity contribution is 0.0127. The molecule has 0 atom stereocenters. The Morgan fingerprint density at radius 3 is 2.38 bits per heavy atom. The lowest BCUT2D eigenvalue weighted by Gasteiger charge is -2.28. The highest BCUT2D eigenvalue weighted by Gasteiger charge is 2.20. The maximum absolute atomic E-state index is 5.28. The van der Waals surface area contributed by atoms with Gasteiger partial charge in [0.15, 0.2) is 0 Å². The molecule has 0 aromatic heterocycles. The van der Waals surface area contributed by atoms with Gasteiger partial charge in [-0.05, 0) is 18.3 Å². The van der Waals surface area contributed by atoms with Crippen LogP contribution in [-0.4, -0.2) is 13.2 Å². The third-order valence-electron chi connectivity index (χ3n) is 1.64. The van der Waals surface area contributed by atoms with Gasteiger partial charge in [0, 0.05) is 6.61 Å². The van der Waals surface area contributed by atoms with Crippen LogP contribution in [-0.2, 0) is 4.74 Å². The second-order valence-corrected chi connectivity index (χ2v) is 3.32. The largest absolute Gasteiger partial charge is 0.381 e. The van der Waals surface area contributed by atoms with E-state index in [1.165, 1.54) is 12.8 Å². The van der Waals surface area contributed by atoms with E-state index in [1.54, 1.807) is 0 Å². The van der Waals surface area contributed by atoms with Crippen molar-refractivity contribution in [3.8, 4) is 0 Å². The van der Waals surface area contributed by atoms with Gasteiger partial charge in [-0.15, -0.1) is 0 Å². The van der Waals surface area contributed by atoms with E-state index in [0.717, 1.165) is 13.2 Å². The fraction of sp³-hybridized carbons (Fsp3) is 1.00. The van der Waals surface area contributed by atoms with Crippen molar-refractivity contribution in [2.45, 2.75) is 26.7 Å². The lowest BCUT2D eigenvalue weighted by Crippen LogP contribution is -2.24. The molecule has 0 saturated carbocycles. The second kappa shape index (κ2) is 2.06. The Labute approximate surface area is 51.0 Å². The van der Waals surface area contributed by atoms with Gasteiger partial charge in [-0.3, -0.25) is 0 Å². The van der Waals surface area contributed by atoms with Crippen molar-refractivity contribution in [1.29, 1.82) is 0 Å².